The second-order valence-corrected chi connectivity index (χ2v) is 19.3. The van der Waals surface area contributed by atoms with E-state index in [2.05, 4.69) is 75.2 Å². The summed E-state index contributed by atoms with van der Waals surface area (Å²) < 4.78 is 17.4. The lowest BCUT2D eigenvalue weighted by Crippen LogP contribution is -2.31. The molecule has 0 aliphatic carbocycles. The fourth-order valence-electron chi connectivity index (χ4n) is 3.33. The highest BCUT2D eigenvalue weighted by atomic mass is 28.4. The van der Waals surface area contributed by atoms with Crippen molar-refractivity contribution in [1.82, 2.24) is 0 Å². The minimum Gasteiger partial charge on any atom is -0.469 e. The van der Waals surface area contributed by atoms with Crippen LogP contribution in [0.15, 0.2) is 24.3 Å². The van der Waals surface area contributed by atoms with Gasteiger partial charge in [-0.2, -0.15) is 0 Å². The van der Waals surface area contributed by atoms with Gasteiger partial charge in [-0.25, -0.2) is 0 Å². The van der Waals surface area contributed by atoms with Crippen LogP contribution in [0.3, 0.4) is 0 Å². The van der Waals surface area contributed by atoms with Crippen LogP contribution in [0.5, 0.6) is 0 Å². The Kier molecular flexibility index (Phi) is 16.5. The van der Waals surface area contributed by atoms with E-state index >= 15 is 0 Å². The quantitative estimate of drug-likeness (QED) is 0.0893. The van der Waals surface area contributed by atoms with E-state index in [1.54, 1.807) is 0 Å². The van der Waals surface area contributed by atoms with Crippen molar-refractivity contribution >= 4 is 22.6 Å². The van der Waals surface area contributed by atoms with Gasteiger partial charge in [-0.1, -0.05) is 69.8 Å². The SMILES string of the molecule is CCCCC(/C=C/C=C/C(CCCCCCCC(=O)OC)O[Si](C)(C)C)O[Si](C)(C)C. The number of hydrogen-bond acceptors (Lipinski definition) is 4. The molecule has 2 atom stereocenters. The van der Waals surface area contributed by atoms with E-state index in [4.69, 9.17) is 8.85 Å². The molecule has 182 valence electrons. The third kappa shape index (κ3) is 20.9. The van der Waals surface area contributed by atoms with Gasteiger partial charge >= 0.3 is 5.97 Å². The van der Waals surface area contributed by atoms with E-state index in [1.807, 2.05) is 0 Å². The highest BCUT2D eigenvalue weighted by molar-refractivity contribution is 6.70. The average molecular weight is 471 g/mol. The summed E-state index contributed by atoms with van der Waals surface area (Å²) in [5.74, 6) is -0.103. The molecule has 4 nitrogen and oxygen atoms in total. The van der Waals surface area contributed by atoms with Gasteiger partial charge in [-0.05, 0) is 58.5 Å². The molecule has 0 saturated heterocycles. The monoisotopic (exact) mass is 470 g/mol. The van der Waals surface area contributed by atoms with Crippen LogP contribution in [0, 0.1) is 0 Å². The van der Waals surface area contributed by atoms with E-state index in [1.165, 1.54) is 26.4 Å². The minimum absolute atomic E-state index is 0.103. The molecule has 0 aromatic rings. The summed E-state index contributed by atoms with van der Waals surface area (Å²) in [5, 5.41) is 0. The van der Waals surface area contributed by atoms with Crippen LogP contribution in [0.2, 0.25) is 39.3 Å². The highest BCUT2D eigenvalue weighted by Gasteiger charge is 2.20. The number of esters is 1. The van der Waals surface area contributed by atoms with Crippen molar-refractivity contribution in [1.29, 1.82) is 0 Å². The van der Waals surface area contributed by atoms with Gasteiger partial charge < -0.3 is 13.6 Å². The first-order valence-electron chi connectivity index (χ1n) is 12.2. The van der Waals surface area contributed by atoms with Gasteiger partial charge in [-0.15, -0.1) is 0 Å². The number of ether oxygens (including phenoxy) is 1. The number of rotatable bonds is 18. The second-order valence-electron chi connectivity index (χ2n) is 10.3. The molecular weight excluding hydrogens is 420 g/mol. The van der Waals surface area contributed by atoms with Gasteiger partial charge in [0.25, 0.3) is 0 Å². The number of allylic oxidation sites excluding steroid dienone is 2. The van der Waals surface area contributed by atoms with E-state index < -0.39 is 16.6 Å². The molecular formula is C25H50O4Si2. The van der Waals surface area contributed by atoms with Crippen molar-refractivity contribution in [2.75, 3.05) is 7.11 Å². The molecule has 2 unspecified atom stereocenters. The highest BCUT2D eigenvalue weighted by Crippen LogP contribution is 2.17. The second kappa shape index (κ2) is 16.9. The number of methoxy groups -OCH3 is 1. The Hall–Kier alpha value is -0.696. The first-order valence-corrected chi connectivity index (χ1v) is 19.1. The van der Waals surface area contributed by atoms with Crippen LogP contribution in [0.25, 0.3) is 0 Å². The molecule has 0 radical (unpaired) electrons. The van der Waals surface area contributed by atoms with E-state index in [9.17, 15) is 4.79 Å². The fraction of sp³-hybridized carbons (Fsp3) is 0.800. The summed E-state index contributed by atoms with van der Waals surface area (Å²) in [4.78, 5) is 11.2. The van der Waals surface area contributed by atoms with Gasteiger partial charge in [0, 0.05) is 6.42 Å². The van der Waals surface area contributed by atoms with Crippen molar-refractivity contribution < 1.29 is 18.4 Å². The lowest BCUT2D eigenvalue weighted by Gasteiger charge is -2.24. The normalized spacial score (nSPS) is 15.0. The molecule has 0 aliphatic rings. The molecule has 0 saturated carbocycles. The molecule has 0 spiro atoms. The van der Waals surface area contributed by atoms with E-state index in [0.717, 1.165) is 38.5 Å². The molecule has 0 heterocycles. The Morgan fingerprint density at radius 2 is 1.19 bits per heavy atom. The van der Waals surface area contributed by atoms with Crippen molar-refractivity contribution in [3.63, 3.8) is 0 Å². The Bertz CT molecular complexity index is 519. The number of carbonyl (C=O) groups excluding carboxylic acids is 1. The largest absolute Gasteiger partial charge is 0.469 e. The topological polar surface area (TPSA) is 44.8 Å². The number of hydrogen-bond donors (Lipinski definition) is 0. The van der Waals surface area contributed by atoms with E-state index in [0.29, 0.717) is 6.42 Å². The van der Waals surface area contributed by atoms with Crippen LogP contribution >= 0.6 is 0 Å². The summed E-state index contributed by atoms with van der Waals surface area (Å²) in [7, 11) is -1.69. The molecule has 0 fully saturated rings. The van der Waals surface area contributed by atoms with Crippen molar-refractivity contribution in [2.24, 2.45) is 0 Å². The van der Waals surface area contributed by atoms with Crippen LogP contribution in [-0.4, -0.2) is 41.9 Å². The first-order chi connectivity index (χ1) is 14.5. The third-order valence-electron chi connectivity index (χ3n) is 4.71. The summed E-state index contributed by atoms with van der Waals surface area (Å²) in [6.45, 7) is 15.7. The predicted molar refractivity (Wildman–Crippen MR) is 139 cm³/mol. The molecule has 31 heavy (non-hydrogen) atoms. The van der Waals surface area contributed by atoms with Crippen molar-refractivity contribution in [3.05, 3.63) is 24.3 Å². The standard InChI is InChI=1S/C25H50O4Si2/c1-9-10-18-23(28-30(3,4)5)20-16-17-21-24(29-31(6,7)8)19-14-12-11-13-15-22-25(26)27-2/h16-17,20-21,23-24H,9-15,18-19,22H2,1-8H3/b20-16+,21-17+. The molecule has 0 aliphatic heterocycles. The maximum atomic E-state index is 11.2. The van der Waals surface area contributed by atoms with Gasteiger partial charge in [0.15, 0.2) is 16.6 Å². The van der Waals surface area contributed by atoms with Gasteiger partial charge in [0.1, 0.15) is 0 Å². The van der Waals surface area contributed by atoms with Crippen molar-refractivity contribution in [2.45, 2.75) is 123 Å². The maximum absolute atomic E-state index is 11.2. The summed E-state index contributed by atoms with van der Waals surface area (Å²) in [5.41, 5.74) is 0. The molecule has 0 bridgehead atoms. The average Bonchev–Trinajstić information content (AvgIpc) is 2.65. The third-order valence-corrected chi connectivity index (χ3v) is 6.73. The Morgan fingerprint density at radius 3 is 1.65 bits per heavy atom. The van der Waals surface area contributed by atoms with E-state index in [-0.39, 0.29) is 18.2 Å². The summed E-state index contributed by atoms with van der Waals surface area (Å²) in [6.07, 6.45) is 19.7. The van der Waals surface area contributed by atoms with Gasteiger partial charge in [0.05, 0.1) is 19.3 Å². The fourth-order valence-corrected chi connectivity index (χ4v) is 5.54. The number of unbranched alkanes of at least 4 members (excludes halogenated alkanes) is 5. The zero-order valence-electron chi connectivity index (χ0n) is 21.7. The summed E-state index contributed by atoms with van der Waals surface area (Å²) >= 11 is 0. The molecule has 6 heteroatoms. The van der Waals surface area contributed by atoms with Gasteiger partial charge in [0.2, 0.25) is 0 Å². The zero-order valence-corrected chi connectivity index (χ0v) is 23.7. The Balaban J connectivity index is 4.57. The lowest BCUT2D eigenvalue weighted by atomic mass is 10.1. The molecule has 0 amide bonds. The zero-order chi connectivity index (χ0) is 23.8. The summed E-state index contributed by atoms with van der Waals surface area (Å²) in [6, 6.07) is 0. The van der Waals surface area contributed by atoms with Crippen LogP contribution in [-0.2, 0) is 18.4 Å². The molecule has 0 aromatic heterocycles. The van der Waals surface area contributed by atoms with Crippen LogP contribution in [0.4, 0.5) is 0 Å². The lowest BCUT2D eigenvalue weighted by molar-refractivity contribution is -0.140. The molecule has 0 rings (SSSR count). The molecule has 0 aromatic carbocycles. The maximum Gasteiger partial charge on any atom is 0.305 e. The predicted octanol–water partition coefficient (Wildman–Crippen LogP) is 7.63. The number of carbonyl (C=O) groups is 1. The minimum atomic E-state index is -1.60. The molecule has 0 N–H and O–H groups in total. The van der Waals surface area contributed by atoms with Gasteiger partial charge in [-0.3, -0.25) is 4.79 Å². The van der Waals surface area contributed by atoms with Crippen molar-refractivity contribution in [3.8, 4) is 0 Å². The first kappa shape index (κ1) is 30.3. The van der Waals surface area contributed by atoms with Crippen LogP contribution < -0.4 is 0 Å². The van der Waals surface area contributed by atoms with Crippen LogP contribution in [0.1, 0.15) is 71.1 Å². The Morgan fingerprint density at radius 1 is 0.742 bits per heavy atom. The smallest absolute Gasteiger partial charge is 0.305 e. The Labute approximate surface area is 195 Å².